The summed E-state index contributed by atoms with van der Waals surface area (Å²) >= 11 is 0. The van der Waals surface area contributed by atoms with Crippen molar-refractivity contribution in [3.63, 3.8) is 0 Å². The lowest BCUT2D eigenvalue weighted by atomic mass is 9.93. The number of methoxy groups -OCH3 is 1. The van der Waals surface area contributed by atoms with Gasteiger partial charge in [0.1, 0.15) is 0 Å². The molecule has 4 heteroatoms. The molecule has 4 nitrogen and oxygen atoms in total. The lowest BCUT2D eigenvalue weighted by Crippen LogP contribution is -2.25. The molecule has 1 fully saturated rings. The van der Waals surface area contributed by atoms with Crippen molar-refractivity contribution in [1.82, 2.24) is 0 Å². The molecule has 2 atom stereocenters. The van der Waals surface area contributed by atoms with Crippen LogP contribution in [0.15, 0.2) is 0 Å². The van der Waals surface area contributed by atoms with Crippen LogP contribution in [-0.2, 0) is 19.1 Å². The van der Waals surface area contributed by atoms with E-state index in [-0.39, 0.29) is 23.8 Å². The van der Waals surface area contributed by atoms with Gasteiger partial charge in [-0.15, -0.1) is 0 Å². The number of carbonyl (C=O) groups excluding carboxylic acids is 2. The zero-order valence-electron chi connectivity index (χ0n) is 7.20. The predicted molar refractivity (Wildman–Crippen MR) is 40.2 cm³/mol. The standard InChI is InChI=1S/C8H12O4/c1-5(7(9)11-2)6-3-4-12-8(6)10/h5-6H,3-4H2,1-2H3/t5-,6+/m1/s1. The molecule has 68 valence electrons. The first-order chi connectivity index (χ1) is 5.66. The SMILES string of the molecule is COC(=O)[C@H](C)[C@@H]1CCOC1=O. The van der Waals surface area contributed by atoms with Crippen molar-refractivity contribution in [3.05, 3.63) is 0 Å². The maximum absolute atomic E-state index is 11.0. The Morgan fingerprint density at radius 2 is 2.42 bits per heavy atom. The highest BCUT2D eigenvalue weighted by Crippen LogP contribution is 2.23. The molecule has 0 spiro atoms. The first-order valence-electron chi connectivity index (χ1n) is 3.91. The zero-order chi connectivity index (χ0) is 9.14. The van der Waals surface area contributed by atoms with Crippen LogP contribution < -0.4 is 0 Å². The van der Waals surface area contributed by atoms with Crippen LogP contribution in [0.3, 0.4) is 0 Å². The molecule has 0 aromatic rings. The molecular formula is C8H12O4. The van der Waals surface area contributed by atoms with Gasteiger partial charge in [-0.25, -0.2) is 0 Å². The van der Waals surface area contributed by atoms with E-state index in [1.165, 1.54) is 7.11 Å². The topological polar surface area (TPSA) is 52.6 Å². The molecule has 0 aliphatic carbocycles. The summed E-state index contributed by atoms with van der Waals surface area (Å²) in [5.74, 6) is -1.32. The Bertz CT molecular complexity index is 199. The number of carbonyl (C=O) groups is 2. The van der Waals surface area contributed by atoms with Crippen molar-refractivity contribution in [2.75, 3.05) is 13.7 Å². The second-order valence-electron chi connectivity index (χ2n) is 2.87. The zero-order valence-corrected chi connectivity index (χ0v) is 7.20. The molecule has 0 radical (unpaired) electrons. The second-order valence-corrected chi connectivity index (χ2v) is 2.87. The van der Waals surface area contributed by atoms with Gasteiger partial charge in [-0.05, 0) is 6.42 Å². The van der Waals surface area contributed by atoms with Gasteiger partial charge in [0.05, 0.1) is 25.6 Å². The maximum Gasteiger partial charge on any atom is 0.309 e. The molecule has 0 aromatic carbocycles. The van der Waals surface area contributed by atoms with Crippen molar-refractivity contribution in [1.29, 1.82) is 0 Å². The van der Waals surface area contributed by atoms with E-state index < -0.39 is 0 Å². The minimum Gasteiger partial charge on any atom is -0.469 e. The van der Waals surface area contributed by atoms with E-state index in [0.29, 0.717) is 13.0 Å². The molecule has 0 aromatic heterocycles. The minimum atomic E-state index is -0.384. The van der Waals surface area contributed by atoms with Crippen LogP contribution in [0.25, 0.3) is 0 Å². The lowest BCUT2D eigenvalue weighted by Gasteiger charge is -2.11. The summed E-state index contributed by atoms with van der Waals surface area (Å²) in [6.45, 7) is 2.11. The Kier molecular flexibility index (Phi) is 2.68. The van der Waals surface area contributed by atoms with Gasteiger partial charge in [-0.1, -0.05) is 6.92 Å². The summed E-state index contributed by atoms with van der Waals surface area (Å²) < 4.78 is 9.26. The highest BCUT2D eigenvalue weighted by Gasteiger charge is 2.35. The van der Waals surface area contributed by atoms with E-state index in [1.54, 1.807) is 6.92 Å². The molecule has 1 heterocycles. The van der Waals surface area contributed by atoms with E-state index in [9.17, 15) is 9.59 Å². The van der Waals surface area contributed by atoms with E-state index in [1.807, 2.05) is 0 Å². The average Bonchev–Trinajstić information content (AvgIpc) is 2.48. The summed E-state index contributed by atoms with van der Waals surface area (Å²) in [6, 6.07) is 0. The van der Waals surface area contributed by atoms with Gasteiger partial charge < -0.3 is 9.47 Å². The van der Waals surface area contributed by atoms with Crippen LogP contribution >= 0.6 is 0 Å². The lowest BCUT2D eigenvalue weighted by molar-refractivity contribution is -0.153. The Morgan fingerprint density at radius 1 is 1.75 bits per heavy atom. The Balaban J connectivity index is 2.57. The third-order valence-corrected chi connectivity index (χ3v) is 2.15. The molecule has 1 aliphatic rings. The predicted octanol–water partition coefficient (Wildman–Crippen LogP) is 0.359. The molecule has 12 heavy (non-hydrogen) atoms. The van der Waals surface area contributed by atoms with Crippen molar-refractivity contribution in [2.45, 2.75) is 13.3 Å². The summed E-state index contributed by atoms with van der Waals surface area (Å²) in [4.78, 5) is 22.0. The van der Waals surface area contributed by atoms with E-state index in [2.05, 4.69) is 4.74 Å². The van der Waals surface area contributed by atoms with Gasteiger partial charge in [0.2, 0.25) is 0 Å². The molecule has 0 N–H and O–H groups in total. The first kappa shape index (κ1) is 9.03. The fourth-order valence-electron chi connectivity index (χ4n) is 1.32. The van der Waals surface area contributed by atoms with Gasteiger partial charge >= 0.3 is 11.9 Å². The van der Waals surface area contributed by atoms with E-state index >= 15 is 0 Å². The first-order valence-corrected chi connectivity index (χ1v) is 3.91. The van der Waals surface area contributed by atoms with Gasteiger partial charge in [-0.2, -0.15) is 0 Å². The van der Waals surface area contributed by atoms with Crippen molar-refractivity contribution < 1.29 is 19.1 Å². The number of ether oxygens (including phenoxy) is 2. The summed E-state index contributed by atoms with van der Waals surface area (Å²) in [7, 11) is 1.32. The molecule has 0 unspecified atom stereocenters. The van der Waals surface area contributed by atoms with Crippen LogP contribution in [-0.4, -0.2) is 25.7 Å². The third-order valence-electron chi connectivity index (χ3n) is 2.15. The van der Waals surface area contributed by atoms with Crippen LogP contribution in [0.5, 0.6) is 0 Å². The number of hydrogen-bond acceptors (Lipinski definition) is 4. The quantitative estimate of drug-likeness (QED) is 0.564. The fraction of sp³-hybridized carbons (Fsp3) is 0.750. The van der Waals surface area contributed by atoms with E-state index in [4.69, 9.17) is 4.74 Å². The molecule has 1 saturated heterocycles. The van der Waals surface area contributed by atoms with Crippen LogP contribution in [0.1, 0.15) is 13.3 Å². The van der Waals surface area contributed by atoms with Gasteiger partial charge in [0.15, 0.2) is 0 Å². The molecule has 0 amide bonds. The Morgan fingerprint density at radius 3 is 2.83 bits per heavy atom. The monoisotopic (exact) mass is 172 g/mol. The smallest absolute Gasteiger partial charge is 0.309 e. The largest absolute Gasteiger partial charge is 0.469 e. The second kappa shape index (κ2) is 3.56. The molecule has 0 saturated carbocycles. The van der Waals surface area contributed by atoms with Crippen LogP contribution in [0.4, 0.5) is 0 Å². The molecular weight excluding hydrogens is 160 g/mol. The summed E-state index contributed by atoms with van der Waals surface area (Å²) in [6.07, 6.45) is 0.620. The normalized spacial score (nSPS) is 24.8. The van der Waals surface area contributed by atoms with Crippen molar-refractivity contribution >= 4 is 11.9 Å². The number of hydrogen-bond donors (Lipinski definition) is 0. The van der Waals surface area contributed by atoms with Crippen LogP contribution in [0.2, 0.25) is 0 Å². The summed E-state index contributed by atoms with van der Waals surface area (Å²) in [5.41, 5.74) is 0. The molecule has 1 aliphatic heterocycles. The highest BCUT2D eigenvalue weighted by molar-refractivity contribution is 5.82. The summed E-state index contributed by atoms with van der Waals surface area (Å²) in [5, 5.41) is 0. The number of cyclic esters (lactones) is 1. The van der Waals surface area contributed by atoms with Crippen molar-refractivity contribution in [3.8, 4) is 0 Å². The maximum atomic E-state index is 11.0. The van der Waals surface area contributed by atoms with Gasteiger partial charge in [0.25, 0.3) is 0 Å². The van der Waals surface area contributed by atoms with Crippen molar-refractivity contribution in [2.24, 2.45) is 11.8 Å². The third kappa shape index (κ3) is 1.57. The Labute approximate surface area is 70.8 Å². The number of esters is 2. The van der Waals surface area contributed by atoms with Gasteiger partial charge in [0, 0.05) is 0 Å². The molecule has 1 rings (SSSR count). The fourth-order valence-corrected chi connectivity index (χ4v) is 1.32. The number of rotatable bonds is 2. The van der Waals surface area contributed by atoms with E-state index in [0.717, 1.165) is 0 Å². The van der Waals surface area contributed by atoms with Gasteiger partial charge in [-0.3, -0.25) is 9.59 Å². The average molecular weight is 172 g/mol. The minimum absolute atomic E-state index is 0.284. The Hall–Kier alpha value is -1.06. The highest BCUT2D eigenvalue weighted by atomic mass is 16.5. The van der Waals surface area contributed by atoms with Crippen LogP contribution in [0, 0.1) is 11.8 Å². The molecule has 0 bridgehead atoms.